The highest BCUT2D eigenvalue weighted by atomic mass is 32.2. The molecule has 1 aliphatic rings. The molecule has 1 N–H and O–H groups in total. The van der Waals surface area contributed by atoms with Crippen LogP contribution in [0, 0.1) is 6.92 Å². The zero-order chi connectivity index (χ0) is 17.1. The first-order valence-electron chi connectivity index (χ1n) is 7.79. The normalized spacial score (nSPS) is 16.9. The zero-order valence-corrected chi connectivity index (χ0v) is 14.4. The first-order valence-corrected chi connectivity index (χ1v) is 8.84. The molecule has 24 heavy (non-hydrogen) atoms. The highest BCUT2D eigenvalue weighted by Gasteiger charge is 2.30. The smallest absolute Gasteiger partial charge is 0.327 e. The number of fused-ring (bicyclic) bond motifs is 1. The molecule has 0 saturated carbocycles. The molecule has 7 heteroatoms. The molecule has 2 aromatic rings. The molecular formula is C17H19N3O3S. The third kappa shape index (κ3) is 3.31. The third-order valence-electron chi connectivity index (χ3n) is 3.76. The zero-order valence-electron chi connectivity index (χ0n) is 13.6. The fraction of sp³-hybridized carbons (Fsp3) is 0.353. The SMILES string of the molecule is CCOC(=O)Cn1nc(C)c2c1NC(=O)CSC2c1ccccc1. The Labute approximate surface area is 144 Å². The summed E-state index contributed by atoms with van der Waals surface area (Å²) in [5.41, 5.74) is 2.86. The molecule has 0 bridgehead atoms. The largest absolute Gasteiger partial charge is 0.465 e. The van der Waals surface area contributed by atoms with Gasteiger partial charge < -0.3 is 10.1 Å². The van der Waals surface area contributed by atoms with Crippen LogP contribution in [0.1, 0.15) is 29.0 Å². The summed E-state index contributed by atoms with van der Waals surface area (Å²) in [5, 5.41) is 7.34. The summed E-state index contributed by atoms with van der Waals surface area (Å²) in [6.07, 6.45) is 0. The van der Waals surface area contributed by atoms with Crippen LogP contribution in [0.3, 0.4) is 0 Å². The number of hydrogen-bond acceptors (Lipinski definition) is 5. The number of hydrogen-bond donors (Lipinski definition) is 1. The van der Waals surface area contributed by atoms with Gasteiger partial charge in [0.2, 0.25) is 5.91 Å². The Balaban J connectivity index is 2.03. The topological polar surface area (TPSA) is 73.2 Å². The second-order valence-electron chi connectivity index (χ2n) is 5.46. The van der Waals surface area contributed by atoms with Gasteiger partial charge in [-0.05, 0) is 19.4 Å². The molecule has 0 fully saturated rings. The Hall–Kier alpha value is -2.28. The van der Waals surface area contributed by atoms with Crippen LogP contribution in [0.2, 0.25) is 0 Å². The number of nitrogens with zero attached hydrogens (tertiary/aromatic N) is 2. The number of rotatable bonds is 4. The summed E-state index contributed by atoms with van der Waals surface area (Å²) in [6.45, 7) is 3.96. The summed E-state index contributed by atoms with van der Waals surface area (Å²) < 4.78 is 6.53. The number of esters is 1. The van der Waals surface area contributed by atoms with Crippen molar-refractivity contribution in [1.82, 2.24) is 9.78 Å². The standard InChI is InChI=1S/C17H19N3O3S/c1-3-23-14(22)9-20-17-15(11(2)19-20)16(24-10-13(21)18-17)12-7-5-4-6-8-12/h4-8,16H,3,9-10H2,1-2H3,(H,18,21). The average Bonchev–Trinajstić information content (AvgIpc) is 2.75. The number of amides is 1. The number of carbonyl (C=O) groups excluding carboxylic acids is 2. The first kappa shape index (κ1) is 16.6. The number of benzene rings is 1. The lowest BCUT2D eigenvalue weighted by atomic mass is 10.0. The summed E-state index contributed by atoms with van der Waals surface area (Å²) >= 11 is 1.56. The van der Waals surface area contributed by atoms with Crippen molar-refractivity contribution in [2.75, 3.05) is 17.7 Å². The molecule has 2 heterocycles. The number of nitrogens with one attached hydrogen (secondary N) is 1. The number of thioether (sulfide) groups is 1. The van der Waals surface area contributed by atoms with Crippen LogP contribution in [0.25, 0.3) is 0 Å². The Morgan fingerprint density at radius 1 is 1.42 bits per heavy atom. The van der Waals surface area contributed by atoms with Crippen molar-refractivity contribution in [3.63, 3.8) is 0 Å². The number of aromatic nitrogens is 2. The molecule has 3 rings (SSSR count). The fourth-order valence-electron chi connectivity index (χ4n) is 2.79. The Morgan fingerprint density at radius 3 is 2.88 bits per heavy atom. The van der Waals surface area contributed by atoms with E-state index in [4.69, 9.17) is 4.74 Å². The second-order valence-corrected chi connectivity index (χ2v) is 6.55. The fourth-order valence-corrected chi connectivity index (χ4v) is 3.97. The molecule has 1 aliphatic heterocycles. The number of aryl methyl sites for hydroxylation is 1. The molecule has 1 aromatic carbocycles. The van der Waals surface area contributed by atoms with Crippen LogP contribution in [0.15, 0.2) is 30.3 Å². The van der Waals surface area contributed by atoms with Gasteiger partial charge in [0.1, 0.15) is 12.4 Å². The van der Waals surface area contributed by atoms with Crippen LogP contribution < -0.4 is 5.32 Å². The maximum atomic E-state index is 12.1. The van der Waals surface area contributed by atoms with Crippen molar-refractivity contribution in [2.24, 2.45) is 0 Å². The van der Waals surface area contributed by atoms with Gasteiger partial charge in [-0.15, -0.1) is 11.8 Å². The van der Waals surface area contributed by atoms with Crippen molar-refractivity contribution < 1.29 is 14.3 Å². The lowest BCUT2D eigenvalue weighted by molar-refractivity contribution is -0.144. The van der Waals surface area contributed by atoms with Gasteiger partial charge in [0.25, 0.3) is 0 Å². The van der Waals surface area contributed by atoms with E-state index in [-0.39, 0.29) is 23.7 Å². The Bertz CT molecular complexity index is 758. The van der Waals surface area contributed by atoms with Crippen LogP contribution in [-0.4, -0.2) is 34.0 Å². The third-order valence-corrected chi connectivity index (χ3v) is 5.03. The molecule has 0 radical (unpaired) electrons. The summed E-state index contributed by atoms with van der Waals surface area (Å²) in [6, 6.07) is 10.0. The van der Waals surface area contributed by atoms with Crippen LogP contribution in [-0.2, 0) is 20.9 Å². The number of ether oxygens (including phenoxy) is 1. The van der Waals surface area contributed by atoms with Gasteiger partial charge >= 0.3 is 5.97 Å². The summed E-state index contributed by atoms with van der Waals surface area (Å²) in [4.78, 5) is 23.9. The van der Waals surface area contributed by atoms with E-state index in [0.717, 1.165) is 16.8 Å². The second kappa shape index (κ2) is 7.09. The van der Waals surface area contributed by atoms with E-state index in [1.165, 1.54) is 4.68 Å². The highest BCUT2D eigenvalue weighted by Crippen LogP contribution is 2.42. The quantitative estimate of drug-likeness (QED) is 0.862. The average molecular weight is 345 g/mol. The molecule has 1 atom stereocenters. The van der Waals surface area contributed by atoms with E-state index in [1.54, 1.807) is 18.7 Å². The minimum absolute atomic E-state index is 0.00362. The number of carbonyl (C=O) groups is 2. The van der Waals surface area contributed by atoms with Gasteiger partial charge in [0.05, 0.1) is 23.3 Å². The van der Waals surface area contributed by atoms with E-state index in [9.17, 15) is 9.59 Å². The number of anilines is 1. The van der Waals surface area contributed by atoms with E-state index in [2.05, 4.69) is 10.4 Å². The van der Waals surface area contributed by atoms with Gasteiger partial charge in [-0.2, -0.15) is 5.10 Å². The van der Waals surface area contributed by atoms with Crippen LogP contribution >= 0.6 is 11.8 Å². The van der Waals surface area contributed by atoms with E-state index in [0.29, 0.717) is 18.2 Å². The van der Waals surface area contributed by atoms with Crippen molar-refractivity contribution in [1.29, 1.82) is 0 Å². The molecule has 0 aliphatic carbocycles. The van der Waals surface area contributed by atoms with Gasteiger partial charge in [-0.3, -0.25) is 9.59 Å². The highest BCUT2D eigenvalue weighted by molar-refractivity contribution is 8.00. The monoisotopic (exact) mass is 345 g/mol. The van der Waals surface area contributed by atoms with E-state index < -0.39 is 0 Å². The molecule has 126 valence electrons. The van der Waals surface area contributed by atoms with E-state index in [1.807, 2.05) is 37.3 Å². The van der Waals surface area contributed by atoms with Crippen molar-refractivity contribution in [2.45, 2.75) is 25.6 Å². The van der Waals surface area contributed by atoms with Gasteiger partial charge in [-0.25, -0.2) is 4.68 Å². The van der Waals surface area contributed by atoms with Crippen LogP contribution in [0.4, 0.5) is 5.82 Å². The van der Waals surface area contributed by atoms with Gasteiger partial charge in [0, 0.05) is 5.56 Å². The van der Waals surface area contributed by atoms with Gasteiger partial charge in [-0.1, -0.05) is 30.3 Å². The minimum atomic E-state index is -0.370. The van der Waals surface area contributed by atoms with Crippen molar-refractivity contribution in [3.05, 3.63) is 47.2 Å². The predicted octanol–water partition coefficient (Wildman–Crippen LogP) is 2.53. The minimum Gasteiger partial charge on any atom is -0.465 e. The Morgan fingerprint density at radius 2 is 2.17 bits per heavy atom. The van der Waals surface area contributed by atoms with Crippen LogP contribution in [0.5, 0.6) is 0 Å². The molecule has 0 saturated heterocycles. The maximum Gasteiger partial charge on any atom is 0.327 e. The molecule has 1 amide bonds. The Kier molecular flexibility index (Phi) is 4.89. The van der Waals surface area contributed by atoms with Gasteiger partial charge in [0.15, 0.2) is 0 Å². The molecule has 6 nitrogen and oxygen atoms in total. The maximum absolute atomic E-state index is 12.1. The lowest BCUT2D eigenvalue weighted by Gasteiger charge is -2.15. The molecule has 1 unspecified atom stereocenters. The molecule has 0 spiro atoms. The van der Waals surface area contributed by atoms with Crippen molar-refractivity contribution >= 4 is 29.5 Å². The summed E-state index contributed by atoms with van der Waals surface area (Å²) in [5.74, 6) is 0.479. The molecular weight excluding hydrogens is 326 g/mol. The van der Waals surface area contributed by atoms with Crippen molar-refractivity contribution in [3.8, 4) is 0 Å². The first-order chi connectivity index (χ1) is 11.6. The predicted molar refractivity (Wildman–Crippen MR) is 93.0 cm³/mol. The lowest BCUT2D eigenvalue weighted by Crippen LogP contribution is -2.20. The molecule has 1 aromatic heterocycles. The summed E-state index contributed by atoms with van der Waals surface area (Å²) in [7, 11) is 0. The van der Waals surface area contributed by atoms with E-state index >= 15 is 0 Å².